The van der Waals surface area contributed by atoms with Crippen LogP contribution in [0.4, 0.5) is 5.69 Å². The molecule has 1 fully saturated rings. The van der Waals surface area contributed by atoms with Crippen molar-refractivity contribution in [3.8, 4) is 5.75 Å². The van der Waals surface area contributed by atoms with E-state index in [0.29, 0.717) is 28.2 Å². The van der Waals surface area contributed by atoms with E-state index in [1.165, 1.54) is 28.2 Å². The van der Waals surface area contributed by atoms with Crippen molar-refractivity contribution >= 4 is 40.8 Å². The Hall–Kier alpha value is -1.93. The van der Waals surface area contributed by atoms with Crippen molar-refractivity contribution < 1.29 is 14.3 Å². The number of benzene rings is 1. The average Bonchev–Trinajstić information content (AvgIpc) is 3.05. The standard InChI is InChI=1S/C15H15N3O3S2/c1-3-21-11-6-4-10(5-7-11)18-13(19)8-12(14(18)20)22-15-16-9(2)17-23-15/h4-7,12H,3,8H2,1-2H3. The van der Waals surface area contributed by atoms with Gasteiger partial charge in [-0.15, -0.1) is 0 Å². The number of amides is 2. The highest BCUT2D eigenvalue weighted by atomic mass is 32.2. The summed E-state index contributed by atoms with van der Waals surface area (Å²) in [5.74, 6) is 0.984. The van der Waals surface area contributed by atoms with Crippen LogP contribution in [0.3, 0.4) is 0 Å². The molecule has 1 saturated heterocycles. The first-order valence-corrected chi connectivity index (χ1v) is 8.80. The van der Waals surface area contributed by atoms with Crippen molar-refractivity contribution in [1.29, 1.82) is 0 Å². The first-order chi connectivity index (χ1) is 11.1. The minimum Gasteiger partial charge on any atom is -0.494 e. The molecule has 1 aliphatic heterocycles. The van der Waals surface area contributed by atoms with E-state index < -0.39 is 5.25 Å². The molecule has 0 radical (unpaired) electrons. The van der Waals surface area contributed by atoms with Crippen molar-refractivity contribution in [2.24, 2.45) is 0 Å². The quantitative estimate of drug-likeness (QED) is 0.773. The summed E-state index contributed by atoms with van der Waals surface area (Å²) in [5, 5.41) is -0.443. The molecule has 3 rings (SSSR count). The van der Waals surface area contributed by atoms with Crippen LogP contribution in [0.1, 0.15) is 19.2 Å². The van der Waals surface area contributed by atoms with Crippen LogP contribution in [-0.2, 0) is 9.59 Å². The summed E-state index contributed by atoms with van der Waals surface area (Å²) in [6.07, 6.45) is 0.176. The highest BCUT2D eigenvalue weighted by molar-refractivity contribution is 8.02. The maximum Gasteiger partial charge on any atom is 0.247 e. The van der Waals surface area contributed by atoms with Gasteiger partial charge in [0.05, 0.1) is 12.3 Å². The second-order valence-electron chi connectivity index (χ2n) is 4.91. The molecule has 1 aliphatic rings. The van der Waals surface area contributed by atoms with Gasteiger partial charge in [0, 0.05) is 6.42 Å². The molecular weight excluding hydrogens is 334 g/mol. The number of ether oxygens (including phenoxy) is 1. The summed E-state index contributed by atoms with van der Waals surface area (Å²) in [6, 6.07) is 6.97. The van der Waals surface area contributed by atoms with E-state index in [2.05, 4.69) is 9.36 Å². The van der Waals surface area contributed by atoms with Gasteiger partial charge in [0.15, 0.2) is 4.34 Å². The Morgan fingerprint density at radius 2 is 2.09 bits per heavy atom. The van der Waals surface area contributed by atoms with Gasteiger partial charge in [-0.25, -0.2) is 9.88 Å². The van der Waals surface area contributed by atoms with Crippen LogP contribution in [0.25, 0.3) is 0 Å². The number of aromatic nitrogens is 2. The molecule has 0 aliphatic carbocycles. The number of imide groups is 1. The Bertz CT molecular complexity index is 730. The average molecular weight is 349 g/mol. The minimum absolute atomic E-state index is 0.176. The molecule has 2 aromatic rings. The maximum atomic E-state index is 12.5. The lowest BCUT2D eigenvalue weighted by Crippen LogP contribution is -2.31. The zero-order valence-corrected chi connectivity index (χ0v) is 14.3. The fourth-order valence-electron chi connectivity index (χ4n) is 2.27. The number of hydrogen-bond acceptors (Lipinski definition) is 7. The van der Waals surface area contributed by atoms with Gasteiger partial charge >= 0.3 is 0 Å². The van der Waals surface area contributed by atoms with Crippen LogP contribution in [-0.4, -0.2) is 33.0 Å². The van der Waals surface area contributed by atoms with Crippen LogP contribution in [0.5, 0.6) is 5.75 Å². The second kappa shape index (κ2) is 6.67. The summed E-state index contributed by atoms with van der Waals surface area (Å²) in [6.45, 7) is 4.27. The van der Waals surface area contributed by atoms with Gasteiger partial charge in [-0.05, 0) is 49.6 Å². The van der Waals surface area contributed by atoms with Crippen LogP contribution in [0.15, 0.2) is 28.6 Å². The van der Waals surface area contributed by atoms with Crippen LogP contribution < -0.4 is 9.64 Å². The van der Waals surface area contributed by atoms with Crippen molar-refractivity contribution in [3.05, 3.63) is 30.1 Å². The van der Waals surface area contributed by atoms with Gasteiger partial charge in [0.2, 0.25) is 11.8 Å². The molecule has 1 aromatic carbocycles. The number of hydrogen-bond donors (Lipinski definition) is 0. The molecule has 8 heteroatoms. The Morgan fingerprint density at radius 3 is 2.70 bits per heavy atom. The van der Waals surface area contributed by atoms with Crippen LogP contribution in [0, 0.1) is 6.92 Å². The molecule has 1 atom stereocenters. The highest BCUT2D eigenvalue weighted by Gasteiger charge is 2.40. The zero-order valence-electron chi connectivity index (χ0n) is 12.7. The predicted octanol–water partition coefficient (Wildman–Crippen LogP) is 2.67. The number of rotatable bonds is 5. The zero-order chi connectivity index (χ0) is 16.4. The molecule has 0 spiro atoms. The number of anilines is 1. The van der Waals surface area contributed by atoms with Crippen molar-refractivity contribution in [1.82, 2.24) is 9.36 Å². The molecule has 0 bridgehead atoms. The molecule has 1 aromatic heterocycles. The lowest BCUT2D eigenvalue weighted by atomic mass is 10.3. The summed E-state index contributed by atoms with van der Waals surface area (Å²) in [5.41, 5.74) is 0.569. The molecular formula is C15H15N3O3S2. The SMILES string of the molecule is CCOc1ccc(N2C(=O)CC(Sc3nc(C)ns3)C2=O)cc1. The van der Waals surface area contributed by atoms with Crippen molar-refractivity contribution in [3.63, 3.8) is 0 Å². The minimum atomic E-state index is -0.443. The normalized spacial score (nSPS) is 17.8. The topological polar surface area (TPSA) is 72.4 Å². The van der Waals surface area contributed by atoms with Crippen LogP contribution in [0.2, 0.25) is 0 Å². The van der Waals surface area contributed by atoms with Gasteiger partial charge < -0.3 is 4.74 Å². The van der Waals surface area contributed by atoms with Gasteiger partial charge in [-0.2, -0.15) is 4.37 Å². The molecule has 120 valence electrons. The highest BCUT2D eigenvalue weighted by Crippen LogP contribution is 2.34. The molecule has 0 saturated carbocycles. The summed E-state index contributed by atoms with van der Waals surface area (Å²) >= 11 is 2.55. The maximum absolute atomic E-state index is 12.5. The van der Waals surface area contributed by atoms with Gasteiger partial charge in [0.1, 0.15) is 16.8 Å². The van der Waals surface area contributed by atoms with Gasteiger partial charge in [-0.3, -0.25) is 9.59 Å². The fourth-order valence-corrected chi connectivity index (χ4v) is 4.19. The van der Waals surface area contributed by atoms with E-state index in [-0.39, 0.29) is 18.2 Å². The Labute approximate surface area is 142 Å². The number of carbonyl (C=O) groups excluding carboxylic acids is 2. The third kappa shape index (κ3) is 3.37. The fraction of sp³-hybridized carbons (Fsp3) is 0.333. The Balaban J connectivity index is 1.75. The first-order valence-electron chi connectivity index (χ1n) is 7.15. The summed E-state index contributed by atoms with van der Waals surface area (Å²) in [7, 11) is 0. The molecule has 1 unspecified atom stereocenters. The van der Waals surface area contributed by atoms with Gasteiger partial charge in [0.25, 0.3) is 0 Å². The lowest BCUT2D eigenvalue weighted by Gasteiger charge is -2.15. The van der Waals surface area contributed by atoms with E-state index in [4.69, 9.17) is 4.74 Å². The number of nitrogens with zero attached hydrogens (tertiary/aromatic N) is 3. The lowest BCUT2D eigenvalue weighted by molar-refractivity contribution is -0.121. The van der Waals surface area contributed by atoms with Crippen molar-refractivity contribution in [2.75, 3.05) is 11.5 Å². The van der Waals surface area contributed by atoms with Crippen molar-refractivity contribution in [2.45, 2.75) is 29.9 Å². The second-order valence-corrected chi connectivity index (χ2v) is 7.11. The van der Waals surface area contributed by atoms with Gasteiger partial charge in [-0.1, -0.05) is 11.8 Å². The van der Waals surface area contributed by atoms with E-state index in [1.807, 2.05) is 6.92 Å². The number of carbonyl (C=O) groups is 2. The van der Waals surface area contributed by atoms with E-state index in [1.54, 1.807) is 31.2 Å². The first kappa shape index (κ1) is 15.9. The smallest absolute Gasteiger partial charge is 0.247 e. The number of thioether (sulfide) groups is 1. The number of aryl methyl sites for hydroxylation is 1. The van der Waals surface area contributed by atoms with E-state index in [9.17, 15) is 9.59 Å². The molecule has 6 nitrogen and oxygen atoms in total. The summed E-state index contributed by atoms with van der Waals surface area (Å²) in [4.78, 5) is 30.2. The molecule has 2 heterocycles. The van der Waals surface area contributed by atoms with E-state index >= 15 is 0 Å². The molecule has 23 heavy (non-hydrogen) atoms. The monoisotopic (exact) mass is 349 g/mol. The predicted molar refractivity (Wildman–Crippen MR) is 89.0 cm³/mol. The third-order valence-electron chi connectivity index (χ3n) is 3.26. The molecule has 2 amide bonds. The van der Waals surface area contributed by atoms with E-state index in [0.717, 1.165) is 0 Å². The Kier molecular flexibility index (Phi) is 4.63. The largest absolute Gasteiger partial charge is 0.494 e. The van der Waals surface area contributed by atoms with Crippen LogP contribution >= 0.6 is 23.3 Å². The molecule has 0 N–H and O–H groups in total. The Morgan fingerprint density at radius 1 is 1.35 bits per heavy atom. The summed E-state index contributed by atoms with van der Waals surface area (Å²) < 4.78 is 10.2. The third-order valence-corrected chi connectivity index (χ3v) is 5.32.